The summed E-state index contributed by atoms with van der Waals surface area (Å²) in [6.45, 7) is 7.08. The molecular weight excluding hydrogens is 338 g/mol. The Morgan fingerprint density at radius 3 is 2.48 bits per heavy atom. The van der Waals surface area contributed by atoms with Crippen LogP contribution in [0, 0.1) is 11.8 Å². The summed E-state index contributed by atoms with van der Waals surface area (Å²) in [7, 11) is 6.09. The molecule has 156 valence electrons. The fourth-order valence-electron chi connectivity index (χ4n) is 4.31. The van der Waals surface area contributed by atoms with Crippen LogP contribution < -0.4 is 10.6 Å². The number of carbonyl (C=O) groups is 1. The van der Waals surface area contributed by atoms with Gasteiger partial charge >= 0.3 is 0 Å². The zero-order valence-corrected chi connectivity index (χ0v) is 18.1. The first-order chi connectivity index (χ1) is 12.9. The average Bonchev–Trinajstić information content (AvgIpc) is 3.12. The van der Waals surface area contributed by atoms with E-state index in [1.807, 2.05) is 7.05 Å². The van der Waals surface area contributed by atoms with Crippen LogP contribution in [0.1, 0.15) is 58.8 Å². The van der Waals surface area contributed by atoms with E-state index in [0.29, 0.717) is 23.9 Å². The van der Waals surface area contributed by atoms with E-state index >= 15 is 0 Å². The third kappa shape index (κ3) is 6.98. The zero-order valence-electron chi connectivity index (χ0n) is 18.1. The lowest BCUT2D eigenvalue weighted by atomic mass is 9.88. The van der Waals surface area contributed by atoms with Gasteiger partial charge < -0.3 is 20.4 Å². The van der Waals surface area contributed by atoms with Gasteiger partial charge in [-0.25, -0.2) is 0 Å². The van der Waals surface area contributed by atoms with E-state index in [4.69, 9.17) is 0 Å². The number of likely N-dealkylation sites (N-methyl/N-ethyl adjacent to an activating group) is 1. The predicted molar refractivity (Wildman–Crippen MR) is 113 cm³/mol. The predicted octanol–water partition coefficient (Wildman–Crippen LogP) is 2.31. The van der Waals surface area contributed by atoms with Gasteiger partial charge in [-0.2, -0.15) is 0 Å². The second kappa shape index (κ2) is 10.9. The Bertz CT molecular complexity index is 485. The molecule has 6 heteroatoms. The van der Waals surface area contributed by atoms with Gasteiger partial charge in [0.05, 0.1) is 0 Å². The van der Waals surface area contributed by atoms with Crippen LogP contribution in [0.3, 0.4) is 0 Å². The largest absolute Gasteiger partial charge is 0.355 e. The number of likely N-dealkylation sites (tertiary alicyclic amines) is 1. The Morgan fingerprint density at radius 1 is 1.19 bits per heavy atom. The fraction of sp³-hybridized carbons (Fsp3) is 0.905. The summed E-state index contributed by atoms with van der Waals surface area (Å²) in [5.41, 5.74) is 0. The van der Waals surface area contributed by atoms with Crippen molar-refractivity contribution in [3.63, 3.8) is 0 Å². The number of hydrogen-bond acceptors (Lipinski definition) is 3. The van der Waals surface area contributed by atoms with Gasteiger partial charge in [0, 0.05) is 44.7 Å². The molecule has 1 saturated heterocycles. The van der Waals surface area contributed by atoms with Crippen LogP contribution in [0.4, 0.5) is 0 Å². The summed E-state index contributed by atoms with van der Waals surface area (Å²) in [5, 5.41) is 7.01. The summed E-state index contributed by atoms with van der Waals surface area (Å²) < 4.78 is 0. The maximum absolute atomic E-state index is 12.7. The lowest BCUT2D eigenvalue weighted by Gasteiger charge is -2.28. The molecule has 2 atom stereocenters. The normalized spacial score (nSPS) is 23.1. The van der Waals surface area contributed by atoms with Crippen molar-refractivity contribution in [2.45, 2.75) is 70.9 Å². The SMILES string of the molecule is CN=C(NCC(CC(C)C)N(C)C)NC1CCN(C(=O)C2CCCCC2)C1. The molecule has 0 aromatic rings. The number of hydrogen-bond donors (Lipinski definition) is 2. The van der Waals surface area contributed by atoms with Crippen LogP contribution >= 0.6 is 0 Å². The first-order valence-electron chi connectivity index (χ1n) is 10.8. The van der Waals surface area contributed by atoms with E-state index in [0.717, 1.165) is 51.3 Å². The van der Waals surface area contributed by atoms with E-state index in [9.17, 15) is 4.79 Å². The van der Waals surface area contributed by atoms with Crippen LogP contribution in [0.5, 0.6) is 0 Å². The zero-order chi connectivity index (χ0) is 19.8. The molecule has 0 bridgehead atoms. The van der Waals surface area contributed by atoms with Gasteiger partial charge in [-0.1, -0.05) is 33.1 Å². The lowest BCUT2D eigenvalue weighted by molar-refractivity contribution is -0.135. The highest BCUT2D eigenvalue weighted by Gasteiger charge is 2.31. The number of amides is 1. The van der Waals surface area contributed by atoms with Crippen molar-refractivity contribution in [3.8, 4) is 0 Å². The molecule has 1 aliphatic heterocycles. The van der Waals surface area contributed by atoms with Gasteiger partial charge in [-0.15, -0.1) is 0 Å². The number of nitrogens with one attached hydrogen (secondary N) is 2. The van der Waals surface area contributed by atoms with Crippen LogP contribution in [0.2, 0.25) is 0 Å². The highest BCUT2D eigenvalue weighted by molar-refractivity contribution is 5.81. The number of aliphatic imine (C=N–C) groups is 1. The molecule has 0 aromatic carbocycles. The minimum absolute atomic E-state index is 0.270. The van der Waals surface area contributed by atoms with Crippen molar-refractivity contribution in [2.75, 3.05) is 40.8 Å². The Morgan fingerprint density at radius 2 is 1.89 bits per heavy atom. The van der Waals surface area contributed by atoms with Gasteiger partial charge in [0.1, 0.15) is 0 Å². The second-order valence-electron chi connectivity index (χ2n) is 8.95. The Balaban J connectivity index is 1.78. The van der Waals surface area contributed by atoms with E-state index in [-0.39, 0.29) is 5.92 Å². The van der Waals surface area contributed by atoms with E-state index in [2.05, 4.69) is 53.4 Å². The average molecular weight is 380 g/mol. The van der Waals surface area contributed by atoms with Gasteiger partial charge in [0.25, 0.3) is 0 Å². The molecule has 6 nitrogen and oxygen atoms in total. The number of guanidine groups is 1. The van der Waals surface area contributed by atoms with Crippen molar-refractivity contribution in [1.82, 2.24) is 20.4 Å². The minimum Gasteiger partial charge on any atom is -0.355 e. The third-order valence-corrected chi connectivity index (χ3v) is 6.00. The maximum Gasteiger partial charge on any atom is 0.225 e. The maximum atomic E-state index is 12.7. The van der Waals surface area contributed by atoms with Crippen molar-refractivity contribution < 1.29 is 4.79 Å². The minimum atomic E-state index is 0.270. The molecule has 2 unspecified atom stereocenters. The van der Waals surface area contributed by atoms with Gasteiger partial charge in [0.2, 0.25) is 5.91 Å². The van der Waals surface area contributed by atoms with Gasteiger partial charge in [-0.3, -0.25) is 9.79 Å². The Kier molecular flexibility index (Phi) is 8.87. The first-order valence-corrected chi connectivity index (χ1v) is 10.8. The fourth-order valence-corrected chi connectivity index (χ4v) is 4.31. The molecule has 1 aliphatic carbocycles. The van der Waals surface area contributed by atoms with E-state index in [1.165, 1.54) is 19.3 Å². The van der Waals surface area contributed by atoms with E-state index in [1.54, 1.807) is 0 Å². The smallest absolute Gasteiger partial charge is 0.225 e. The van der Waals surface area contributed by atoms with Crippen molar-refractivity contribution in [1.29, 1.82) is 0 Å². The summed E-state index contributed by atoms with van der Waals surface area (Å²) >= 11 is 0. The molecule has 2 aliphatic rings. The van der Waals surface area contributed by atoms with Crippen molar-refractivity contribution in [2.24, 2.45) is 16.8 Å². The molecule has 0 radical (unpaired) electrons. The Hall–Kier alpha value is -1.30. The topological polar surface area (TPSA) is 60.0 Å². The van der Waals surface area contributed by atoms with Crippen LogP contribution in [0.15, 0.2) is 4.99 Å². The second-order valence-corrected chi connectivity index (χ2v) is 8.95. The standard InChI is InChI=1S/C21H41N5O/c1-16(2)13-19(25(4)5)14-23-21(22-3)24-18-11-12-26(15-18)20(27)17-9-7-6-8-10-17/h16-19H,6-15H2,1-5H3,(H2,22,23,24). The first kappa shape index (κ1) is 22.0. The highest BCUT2D eigenvalue weighted by atomic mass is 16.2. The molecule has 2 rings (SSSR count). The molecule has 1 saturated carbocycles. The van der Waals surface area contributed by atoms with Crippen molar-refractivity contribution in [3.05, 3.63) is 0 Å². The Labute approximate surface area is 166 Å². The van der Waals surface area contributed by atoms with Crippen LogP contribution in [-0.2, 0) is 4.79 Å². The quantitative estimate of drug-likeness (QED) is 0.526. The van der Waals surface area contributed by atoms with E-state index < -0.39 is 0 Å². The van der Waals surface area contributed by atoms with Crippen LogP contribution in [0.25, 0.3) is 0 Å². The molecule has 2 N–H and O–H groups in total. The summed E-state index contributed by atoms with van der Waals surface area (Å²) in [5.74, 6) is 2.17. The number of rotatable bonds is 7. The monoisotopic (exact) mass is 379 g/mol. The highest BCUT2D eigenvalue weighted by Crippen LogP contribution is 2.26. The number of nitrogens with zero attached hydrogens (tertiary/aromatic N) is 3. The van der Waals surface area contributed by atoms with Gasteiger partial charge in [0.15, 0.2) is 5.96 Å². The molecular formula is C21H41N5O. The summed E-state index contributed by atoms with van der Waals surface area (Å²) in [6, 6.07) is 0.781. The van der Waals surface area contributed by atoms with Gasteiger partial charge in [-0.05, 0) is 45.7 Å². The molecule has 1 heterocycles. The summed E-state index contributed by atoms with van der Waals surface area (Å²) in [6.07, 6.45) is 8.04. The lowest BCUT2D eigenvalue weighted by Crippen LogP contribution is -2.49. The molecule has 0 spiro atoms. The van der Waals surface area contributed by atoms with Crippen molar-refractivity contribution >= 4 is 11.9 Å². The molecule has 1 amide bonds. The van der Waals surface area contributed by atoms with Crippen LogP contribution in [-0.4, -0.2) is 74.5 Å². The molecule has 27 heavy (non-hydrogen) atoms. The summed E-state index contributed by atoms with van der Waals surface area (Å²) in [4.78, 5) is 21.5. The third-order valence-electron chi connectivity index (χ3n) is 6.00. The molecule has 2 fully saturated rings. The molecule has 0 aromatic heterocycles. The number of carbonyl (C=O) groups excluding carboxylic acids is 1.